The van der Waals surface area contributed by atoms with E-state index in [4.69, 9.17) is 0 Å². The second-order valence-electron chi connectivity index (χ2n) is 6.74. The summed E-state index contributed by atoms with van der Waals surface area (Å²) in [6.07, 6.45) is 9.03. The zero-order chi connectivity index (χ0) is 18.4. The monoisotopic (exact) mass is 374 g/mol. The molecular weight excluding hydrogens is 348 g/mol. The van der Waals surface area contributed by atoms with Gasteiger partial charge in [0.2, 0.25) is 10.0 Å². The number of anilines is 1. The topological polar surface area (TPSA) is 75.2 Å². The molecule has 0 spiro atoms. The first-order valence-corrected chi connectivity index (χ1v) is 10.7. The van der Waals surface area contributed by atoms with Gasteiger partial charge in [0.05, 0.1) is 11.1 Å². The Kier molecular flexibility index (Phi) is 6.21. The molecule has 0 radical (unpaired) electrons. The standard InChI is InChI=1S/C19H26N4O2S/c1-2-3-16-4-6-18(7-5-16)26(24,25)22-14-17-8-12-23(13-9-17)19-15-20-10-11-21-19/h4-7,10-11,15,17,22H,2-3,8-9,12-14H2,1H3. The van der Waals surface area contributed by atoms with Crippen molar-refractivity contribution in [2.75, 3.05) is 24.5 Å². The van der Waals surface area contributed by atoms with E-state index in [0.717, 1.165) is 44.6 Å². The quantitative estimate of drug-likeness (QED) is 0.806. The molecule has 0 amide bonds. The van der Waals surface area contributed by atoms with Gasteiger partial charge in [0, 0.05) is 32.0 Å². The second kappa shape index (κ2) is 8.60. The van der Waals surface area contributed by atoms with E-state index in [-0.39, 0.29) is 0 Å². The molecule has 1 aromatic heterocycles. The Morgan fingerprint density at radius 1 is 1.15 bits per heavy atom. The summed E-state index contributed by atoms with van der Waals surface area (Å²) in [6.45, 7) is 4.34. The largest absolute Gasteiger partial charge is 0.355 e. The molecule has 7 heteroatoms. The van der Waals surface area contributed by atoms with Gasteiger partial charge in [-0.25, -0.2) is 18.1 Å². The van der Waals surface area contributed by atoms with Crippen molar-refractivity contribution in [2.24, 2.45) is 5.92 Å². The smallest absolute Gasteiger partial charge is 0.240 e. The van der Waals surface area contributed by atoms with E-state index >= 15 is 0 Å². The van der Waals surface area contributed by atoms with E-state index in [1.807, 2.05) is 12.1 Å². The number of aryl methyl sites for hydroxylation is 1. The summed E-state index contributed by atoms with van der Waals surface area (Å²) in [7, 11) is -3.44. The summed E-state index contributed by atoms with van der Waals surface area (Å²) in [6, 6.07) is 7.20. The fraction of sp³-hybridized carbons (Fsp3) is 0.474. The van der Waals surface area contributed by atoms with Crippen molar-refractivity contribution in [2.45, 2.75) is 37.5 Å². The molecule has 0 aliphatic carbocycles. The molecule has 26 heavy (non-hydrogen) atoms. The third-order valence-corrected chi connectivity index (χ3v) is 6.26. The van der Waals surface area contributed by atoms with Crippen LogP contribution < -0.4 is 9.62 Å². The highest BCUT2D eigenvalue weighted by atomic mass is 32.2. The van der Waals surface area contributed by atoms with Gasteiger partial charge in [0.1, 0.15) is 5.82 Å². The van der Waals surface area contributed by atoms with Crippen molar-refractivity contribution in [3.63, 3.8) is 0 Å². The third kappa shape index (κ3) is 4.80. The van der Waals surface area contributed by atoms with Gasteiger partial charge in [-0.1, -0.05) is 25.5 Å². The third-order valence-electron chi connectivity index (χ3n) is 4.82. The lowest BCUT2D eigenvalue weighted by Crippen LogP contribution is -2.39. The van der Waals surface area contributed by atoms with Crippen LogP contribution in [0.3, 0.4) is 0 Å². The summed E-state index contributed by atoms with van der Waals surface area (Å²) in [5.74, 6) is 1.23. The summed E-state index contributed by atoms with van der Waals surface area (Å²) in [4.78, 5) is 11.0. The molecule has 1 saturated heterocycles. The van der Waals surface area contributed by atoms with Crippen molar-refractivity contribution in [3.8, 4) is 0 Å². The van der Waals surface area contributed by atoms with Crippen molar-refractivity contribution < 1.29 is 8.42 Å². The Labute approximate surface area is 155 Å². The zero-order valence-corrected chi connectivity index (χ0v) is 16.0. The average Bonchev–Trinajstić information content (AvgIpc) is 2.68. The number of rotatable bonds is 7. The Balaban J connectivity index is 1.51. The number of hydrogen-bond donors (Lipinski definition) is 1. The average molecular weight is 375 g/mol. The SMILES string of the molecule is CCCc1ccc(S(=O)(=O)NCC2CCN(c3cnccn3)CC2)cc1. The molecule has 1 N–H and O–H groups in total. The van der Waals surface area contributed by atoms with Gasteiger partial charge in [0.25, 0.3) is 0 Å². The molecular formula is C19H26N4O2S. The Bertz CT molecular complexity index is 786. The maximum atomic E-state index is 12.5. The lowest BCUT2D eigenvalue weighted by molar-refractivity contribution is 0.400. The van der Waals surface area contributed by atoms with E-state index in [2.05, 4.69) is 26.5 Å². The number of hydrogen-bond acceptors (Lipinski definition) is 5. The van der Waals surface area contributed by atoms with Gasteiger partial charge >= 0.3 is 0 Å². The van der Waals surface area contributed by atoms with Gasteiger partial charge < -0.3 is 4.90 Å². The van der Waals surface area contributed by atoms with Gasteiger partial charge in [0.15, 0.2) is 0 Å². The first-order chi connectivity index (χ1) is 12.6. The minimum absolute atomic E-state index is 0.342. The normalized spacial score (nSPS) is 16.0. The van der Waals surface area contributed by atoms with Crippen LogP contribution in [0.2, 0.25) is 0 Å². The number of benzene rings is 1. The van der Waals surface area contributed by atoms with Crippen LogP contribution in [0.1, 0.15) is 31.7 Å². The van der Waals surface area contributed by atoms with Crippen molar-refractivity contribution >= 4 is 15.8 Å². The van der Waals surface area contributed by atoms with Crippen LogP contribution in [0.25, 0.3) is 0 Å². The summed E-state index contributed by atoms with van der Waals surface area (Å²) < 4.78 is 27.8. The minimum Gasteiger partial charge on any atom is -0.355 e. The minimum atomic E-state index is -3.44. The van der Waals surface area contributed by atoms with E-state index in [1.165, 1.54) is 5.56 Å². The lowest BCUT2D eigenvalue weighted by Gasteiger charge is -2.32. The molecule has 0 saturated carbocycles. The van der Waals surface area contributed by atoms with Crippen LogP contribution >= 0.6 is 0 Å². The van der Waals surface area contributed by atoms with E-state index < -0.39 is 10.0 Å². The molecule has 3 rings (SSSR count). The van der Waals surface area contributed by atoms with Gasteiger partial charge in [-0.15, -0.1) is 0 Å². The van der Waals surface area contributed by atoms with Crippen LogP contribution in [0.5, 0.6) is 0 Å². The van der Waals surface area contributed by atoms with Crippen LogP contribution in [-0.4, -0.2) is 38.0 Å². The molecule has 2 heterocycles. The Morgan fingerprint density at radius 2 is 1.88 bits per heavy atom. The molecule has 140 valence electrons. The molecule has 1 aromatic carbocycles. The highest BCUT2D eigenvalue weighted by Crippen LogP contribution is 2.21. The molecule has 1 aliphatic heterocycles. The van der Waals surface area contributed by atoms with E-state index in [9.17, 15) is 8.42 Å². The first kappa shape index (κ1) is 18.8. The first-order valence-electron chi connectivity index (χ1n) is 9.18. The predicted octanol–water partition coefficient (Wildman–Crippen LogP) is 2.62. The van der Waals surface area contributed by atoms with Gasteiger partial charge in [-0.2, -0.15) is 0 Å². The highest BCUT2D eigenvalue weighted by molar-refractivity contribution is 7.89. The molecule has 0 atom stereocenters. The number of piperidine rings is 1. The molecule has 1 aliphatic rings. The van der Waals surface area contributed by atoms with E-state index in [0.29, 0.717) is 17.4 Å². The van der Waals surface area contributed by atoms with Gasteiger partial charge in [-0.3, -0.25) is 4.98 Å². The van der Waals surface area contributed by atoms with Crippen LogP contribution in [0.4, 0.5) is 5.82 Å². The van der Waals surface area contributed by atoms with Crippen LogP contribution in [-0.2, 0) is 16.4 Å². The predicted molar refractivity (Wildman–Crippen MR) is 103 cm³/mol. The molecule has 1 fully saturated rings. The molecule has 2 aromatic rings. The molecule has 0 unspecified atom stereocenters. The highest BCUT2D eigenvalue weighted by Gasteiger charge is 2.22. The lowest BCUT2D eigenvalue weighted by atomic mass is 9.97. The Morgan fingerprint density at radius 3 is 2.50 bits per heavy atom. The summed E-state index contributed by atoms with van der Waals surface area (Å²) in [5, 5.41) is 0. The summed E-state index contributed by atoms with van der Waals surface area (Å²) in [5.41, 5.74) is 1.17. The van der Waals surface area contributed by atoms with Crippen molar-refractivity contribution in [3.05, 3.63) is 48.4 Å². The maximum Gasteiger partial charge on any atom is 0.240 e. The fourth-order valence-electron chi connectivity index (χ4n) is 3.26. The van der Waals surface area contributed by atoms with E-state index in [1.54, 1.807) is 30.7 Å². The number of sulfonamides is 1. The molecule has 0 bridgehead atoms. The zero-order valence-electron chi connectivity index (χ0n) is 15.1. The van der Waals surface area contributed by atoms with Crippen LogP contribution in [0.15, 0.2) is 47.8 Å². The van der Waals surface area contributed by atoms with Crippen LogP contribution in [0, 0.1) is 5.92 Å². The second-order valence-corrected chi connectivity index (χ2v) is 8.51. The van der Waals surface area contributed by atoms with Gasteiger partial charge in [-0.05, 0) is 42.9 Å². The Hall–Kier alpha value is -1.99. The number of nitrogens with one attached hydrogen (secondary N) is 1. The van der Waals surface area contributed by atoms with Crippen molar-refractivity contribution in [1.82, 2.24) is 14.7 Å². The maximum absolute atomic E-state index is 12.5. The van der Waals surface area contributed by atoms with Crippen molar-refractivity contribution in [1.29, 1.82) is 0 Å². The summed E-state index contributed by atoms with van der Waals surface area (Å²) >= 11 is 0. The number of aromatic nitrogens is 2. The number of nitrogens with zero attached hydrogens (tertiary/aromatic N) is 3. The molecule has 6 nitrogen and oxygen atoms in total. The fourth-order valence-corrected chi connectivity index (χ4v) is 4.37.